The van der Waals surface area contributed by atoms with Gasteiger partial charge in [0.05, 0.1) is 5.69 Å². The molecule has 1 N–H and O–H groups in total. The average Bonchev–Trinajstić information content (AvgIpc) is 3.14. The first-order chi connectivity index (χ1) is 9.31. The second-order valence-corrected chi connectivity index (χ2v) is 4.64. The molecule has 19 heavy (non-hydrogen) atoms. The molecule has 4 nitrogen and oxygen atoms in total. The summed E-state index contributed by atoms with van der Waals surface area (Å²) < 4.78 is 23.9. The quantitative estimate of drug-likeness (QED) is 0.869. The molecule has 2 aromatic rings. The van der Waals surface area contributed by atoms with E-state index < -0.39 is 0 Å². The van der Waals surface area contributed by atoms with E-state index >= 15 is 0 Å². The van der Waals surface area contributed by atoms with Crippen LogP contribution in [0.5, 0.6) is 6.08 Å². The number of hydrogen-bond donors (Lipinski definition) is 1. The normalized spacial score (nSPS) is 14.6. The minimum atomic E-state index is -0.287. The molecule has 1 aliphatic rings. The predicted molar refractivity (Wildman–Crippen MR) is 67.1 cm³/mol. The smallest absolute Gasteiger partial charge is 0.394 e. The van der Waals surface area contributed by atoms with E-state index in [0.29, 0.717) is 18.2 Å². The highest BCUT2D eigenvalue weighted by Crippen LogP contribution is 2.20. The minimum Gasteiger partial charge on any atom is -0.445 e. The van der Waals surface area contributed by atoms with Crippen molar-refractivity contribution in [1.82, 2.24) is 10.3 Å². The Kier molecular flexibility index (Phi) is 3.46. The van der Waals surface area contributed by atoms with Gasteiger partial charge in [0, 0.05) is 18.2 Å². The molecule has 5 heteroatoms. The van der Waals surface area contributed by atoms with Gasteiger partial charge in [-0.05, 0) is 18.9 Å². The first-order valence-electron chi connectivity index (χ1n) is 6.35. The largest absolute Gasteiger partial charge is 0.445 e. The van der Waals surface area contributed by atoms with Crippen molar-refractivity contribution in [2.75, 3.05) is 0 Å². The highest BCUT2D eigenvalue weighted by molar-refractivity contribution is 5.16. The summed E-state index contributed by atoms with van der Waals surface area (Å²) in [7, 11) is 0. The highest BCUT2D eigenvalue weighted by atomic mass is 19.1. The van der Waals surface area contributed by atoms with Gasteiger partial charge < -0.3 is 14.5 Å². The second kappa shape index (κ2) is 5.40. The Hall–Kier alpha value is -1.88. The van der Waals surface area contributed by atoms with Crippen LogP contribution in [0.15, 0.2) is 34.9 Å². The molecule has 0 radical (unpaired) electrons. The molecule has 0 amide bonds. The summed E-state index contributed by atoms with van der Waals surface area (Å²) in [6, 6.07) is 7.11. The second-order valence-electron chi connectivity index (χ2n) is 4.64. The SMILES string of the molecule is Fc1ccccc1COc1nc(CNC2CC2)co1. The summed E-state index contributed by atoms with van der Waals surface area (Å²) in [5, 5.41) is 3.33. The zero-order chi connectivity index (χ0) is 13.1. The van der Waals surface area contributed by atoms with Crippen molar-refractivity contribution < 1.29 is 13.5 Å². The Bertz CT molecular complexity index is 552. The van der Waals surface area contributed by atoms with Crippen molar-refractivity contribution >= 4 is 0 Å². The number of rotatable bonds is 6. The molecule has 1 fully saturated rings. The van der Waals surface area contributed by atoms with E-state index in [1.807, 2.05) is 0 Å². The molecular formula is C14H15FN2O2. The molecule has 0 aliphatic heterocycles. The molecule has 100 valence electrons. The Balaban J connectivity index is 1.53. The number of halogens is 1. The number of oxazole rings is 1. The summed E-state index contributed by atoms with van der Waals surface area (Å²) in [6.07, 6.45) is 4.20. The number of aromatic nitrogens is 1. The molecule has 0 spiro atoms. The third-order valence-electron chi connectivity index (χ3n) is 2.99. The lowest BCUT2D eigenvalue weighted by Gasteiger charge is -2.02. The van der Waals surface area contributed by atoms with Crippen molar-refractivity contribution in [2.45, 2.75) is 32.0 Å². The van der Waals surface area contributed by atoms with Crippen LogP contribution in [-0.4, -0.2) is 11.0 Å². The molecule has 1 aromatic heterocycles. The lowest BCUT2D eigenvalue weighted by molar-refractivity contribution is 0.217. The van der Waals surface area contributed by atoms with Gasteiger partial charge in [0.2, 0.25) is 0 Å². The molecule has 1 heterocycles. The van der Waals surface area contributed by atoms with E-state index in [0.717, 1.165) is 5.69 Å². The maximum absolute atomic E-state index is 13.4. The van der Waals surface area contributed by atoms with Crippen LogP contribution in [0.1, 0.15) is 24.1 Å². The molecule has 3 rings (SSSR count). The minimum absolute atomic E-state index is 0.114. The third-order valence-corrected chi connectivity index (χ3v) is 2.99. The van der Waals surface area contributed by atoms with Gasteiger partial charge in [-0.1, -0.05) is 18.2 Å². The maximum Gasteiger partial charge on any atom is 0.394 e. The van der Waals surface area contributed by atoms with Gasteiger partial charge in [-0.15, -0.1) is 0 Å². The molecule has 1 aromatic carbocycles. The maximum atomic E-state index is 13.4. The number of nitrogens with zero attached hydrogens (tertiary/aromatic N) is 1. The van der Waals surface area contributed by atoms with Crippen LogP contribution in [0.3, 0.4) is 0 Å². The molecule has 0 bridgehead atoms. The van der Waals surface area contributed by atoms with E-state index in [4.69, 9.17) is 9.15 Å². The molecule has 1 aliphatic carbocycles. The van der Waals surface area contributed by atoms with E-state index in [1.165, 1.54) is 18.9 Å². The summed E-state index contributed by atoms with van der Waals surface area (Å²) >= 11 is 0. The summed E-state index contributed by atoms with van der Waals surface area (Å²) in [6.45, 7) is 0.792. The van der Waals surface area contributed by atoms with Gasteiger partial charge in [-0.3, -0.25) is 0 Å². The van der Waals surface area contributed by atoms with Crippen LogP contribution in [0, 0.1) is 5.82 Å². The van der Waals surface area contributed by atoms with Crippen LogP contribution in [0.2, 0.25) is 0 Å². The van der Waals surface area contributed by atoms with E-state index in [2.05, 4.69) is 10.3 Å². The van der Waals surface area contributed by atoms with E-state index in [9.17, 15) is 4.39 Å². The van der Waals surface area contributed by atoms with Crippen molar-refractivity contribution in [1.29, 1.82) is 0 Å². The van der Waals surface area contributed by atoms with Gasteiger partial charge >= 0.3 is 6.08 Å². The number of nitrogens with one attached hydrogen (secondary N) is 1. The highest BCUT2D eigenvalue weighted by Gasteiger charge is 2.20. The van der Waals surface area contributed by atoms with Crippen molar-refractivity contribution in [3.05, 3.63) is 47.6 Å². The number of benzene rings is 1. The Morgan fingerprint density at radius 2 is 2.21 bits per heavy atom. The van der Waals surface area contributed by atoms with Crippen molar-refractivity contribution in [3.63, 3.8) is 0 Å². The van der Waals surface area contributed by atoms with Gasteiger partial charge in [0.1, 0.15) is 18.7 Å². The molecule has 1 saturated carbocycles. The fourth-order valence-corrected chi connectivity index (χ4v) is 1.73. The van der Waals surface area contributed by atoms with Gasteiger partial charge in [0.25, 0.3) is 0 Å². The monoisotopic (exact) mass is 262 g/mol. The number of ether oxygens (including phenoxy) is 1. The van der Waals surface area contributed by atoms with Gasteiger partial charge in [-0.25, -0.2) is 4.39 Å². The third kappa shape index (κ3) is 3.32. The predicted octanol–water partition coefficient (Wildman–Crippen LogP) is 2.64. The van der Waals surface area contributed by atoms with Gasteiger partial charge in [0.15, 0.2) is 0 Å². The summed E-state index contributed by atoms with van der Waals surface area (Å²) in [5.41, 5.74) is 1.29. The van der Waals surface area contributed by atoms with E-state index in [1.54, 1.807) is 24.5 Å². The Labute approximate surface area is 110 Å². The summed E-state index contributed by atoms with van der Waals surface area (Å²) in [4.78, 5) is 4.18. The lowest BCUT2D eigenvalue weighted by atomic mass is 10.2. The topological polar surface area (TPSA) is 47.3 Å². The van der Waals surface area contributed by atoms with Crippen LogP contribution in [0.25, 0.3) is 0 Å². The fourth-order valence-electron chi connectivity index (χ4n) is 1.73. The Morgan fingerprint density at radius 3 is 3.00 bits per heavy atom. The first-order valence-corrected chi connectivity index (χ1v) is 6.35. The standard InChI is InChI=1S/C14H15FN2O2/c15-13-4-2-1-3-10(13)8-18-14-17-12(9-19-14)7-16-11-5-6-11/h1-4,9,11,16H,5-8H2. The fraction of sp³-hybridized carbons (Fsp3) is 0.357. The molecule has 0 unspecified atom stereocenters. The van der Waals surface area contributed by atoms with Gasteiger partial charge in [-0.2, -0.15) is 4.98 Å². The molecule has 0 saturated heterocycles. The average molecular weight is 262 g/mol. The lowest BCUT2D eigenvalue weighted by Crippen LogP contribution is -2.15. The van der Waals surface area contributed by atoms with Crippen LogP contribution in [-0.2, 0) is 13.2 Å². The van der Waals surface area contributed by atoms with Crippen LogP contribution < -0.4 is 10.1 Å². The zero-order valence-corrected chi connectivity index (χ0v) is 10.4. The number of hydrogen-bond acceptors (Lipinski definition) is 4. The zero-order valence-electron chi connectivity index (χ0n) is 10.4. The van der Waals surface area contributed by atoms with Crippen molar-refractivity contribution in [2.24, 2.45) is 0 Å². The molecule has 0 atom stereocenters. The molecular weight excluding hydrogens is 247 g/mol. The van der Waals surface area contributed by atoms with E-state index in [-0.39, 0.29) is 18.5 Å². The van der Waals surface area contributed by atoms with Crippen molar-refractivity contribution in [3.8, 4) is 6.08 Å². The summed E-state index contributed by atoms with van der Waals surface area (Å²) in [5.74, 6) is -0.287. The van der Waals surface area contributed by atoms with Crippen LogP contribution in [0.4, 0.5) is 4.39 Å². The Morgan fingerprint density at radius 1 is 1.37 bits per heavy atom. The van der Waals surface area contributed by atoms with Crippen LogP contribution >= 0.6 is 0 Å². The first kappa shape index (κ1) is 12.2.